The zero-order valence-electron chi connectivity index (χ0n) is 12.9. The van der Waals surface area contributed by atoms with Crippen LogP contribution in [0, 0.1) is 13.8 Å². The lowest BCUT2D eigenvalue weighted by Gasteiger charge is -2.13. The van der Waals surface area contributed by atoms with Crippen LogP contribution >= 0.6 is 11.8 Å². The number of thioether (sulfide) groups is 1. The van der Waals surface area contributed by atoms with Crippen LogP contribution < -0.4 is 5.32 Å². The maximum absolute atomic E-state index is 12.3. The smallest absolute Gasteiger partial charge is 0.252 e. The molecule has 5 nitrogen and oxygen atoms in total. The van der Waals surface area contributed by atoms with Crippen LogP contribution in [0.25, 0.3) is 0 Å². The molecule has 2 rings (SSSR count). The van der Waals surface area contributed by atoms with Crippen molar-refractivity contribution in [2.75, 3.05) is 6.61 Å². The third kappa shape index (κ3) is 3.90. The number of hydrogen-bond acceptors (Lipinski definition) is 5. The number of rotatable bonds is 6. The van der Waals surface area contributed by atoms with E-state index in [1.54, 1.807) is 24.8 Å². The molecular weight excluding hydrogens is 300 g/mol. The second kappa shape index (κ2) is 7.47. The van der Waals surface area contributed by atoms with Crippen LogP contribution in [0.1, 0.15) is 34.3 Å². The lowest BCUT2D eigenvalue weighted by molar-refractivity contribution is 0.0919. The zero-order chi connectivity index (χ0) is 16.1. The number of carbonyl (C=O) groups excluding carboxylic acids is 1. The highest BCUT2D eigenvalue weighted by molar-refractivity contribution is 7.98. The molecule has 0 aliphatic heterocycles. The van der Waals surface area contributed by atoms with Crippen LogP contribution in [0.15, 0.2) is 33.7 Å². The van der Waals surface area contributed by atoms with E-state index in [-0.39, 0.29) is 18.6 Å². The van der Waals surface area contributed by atoms with Gasteiger partial charge in [-0.2, -0.15) is 0 Å². The van der Waals surface area contributed by atoms with Crippen LogP contribution in [0.3, 0.4) is 0 Å². The van der Waals surface area contributed by atoms with Gasteiger partial charge in [0.25, 0.3) is 5.91 Å². The molecule has 1 amide bonds. The van der Waals surface area contributed by atoms with Crippen LogP contribution in [0.2, 0.25) is 0 Å². The Labute approximate surface area is 134 Å². The van der Waals surface area contributed by atoms with Gasteiger partial charge in [0.2, 0.25) is 0 Å². The Morgan fingerprint density at radius 1 is 1.41 bits per heavy atom. The molecule has 1 aromatic carbocycles. The fourth-order valence-electron chi connectivity index (χ4n) is 1.99. The average Bonchev–Trinajstić information content (AvgIpc) is 2.84. The molecule has 0 aliphatic rings. The first-order valence-electron chi connectivity index (χ1n) is 7.08. The van der Waals surface area contributed by atoms with Gasteiger partial charge < -0.3 is 14.9 Å². The SMILES string of the molecule is Cc1noc(C)c1CSc1ccccc1C(=O)NC(C)CO. The monoisotopic (exact) mass is 320 g/mol. The molecule has 0 aliphatic carbocycles. The van der Waals surface area contributed by atoms with Crippen molar-refractivity contribution < 1.29 is 14.4 Å². The lowest BCUT2D eigenvalue weighted by Crippen LogP contribution is -2.35. The highest BCUT2D eigenvalue weighted by atomic mass is 32.2. The van der Waals surface area contributed by atoms with E-state index < -0.39 is 0 Å². The van der Waals surface area contributed by atoms with Crippen LogP contribution in [0.4, 0.5) is 0 Å². The molecule has 1 unspecified atom stereocenters. The Hall–Kier alpha value is -1.79. The van der Waals surface area contributed by atoms with E-state index in [0.29, 0.717) is 11.3 Å². The molecule has 22 heavy (non-hydrogen) atoms. The molecule has 1 aromatic heterocycles. The predicted octanol–water partition coefficient (Wildman–Crippen LogP) is 2.69. The Balaban J connectivity index is 2.13. The van der Waals surface area contributed by atoms with Crippen molar-refractivity contribution in [2.24, 2.45) is 0 Å². The highest BCUT2D eigenvalue weighted by Gasteiger charge is 2.15. The topological polar surface area (TPSA) is 75.4 Å². The van der Waals surface area contributed by atoms with Crippen molar-refractivity contribution in [1.82, 2.24) is 10.5 Å². The second-order valence-corrected chi connectivity index (χ2v) is 6.16. The number of benzene rings is 1. The van der Waals surface area contributed by atoms with E-state index in [0.717, 1.165) is 21.9 Å². The summed E-state index contributed by atoms with van der Waals surface area (Å²) in [6.45, 7) is 5.48. The van der Waals surface area contributed by atoms with E-state index in [1.807, 2.05) is 32.0 Å². The zero-order valence-corrected chi connectivity index (χ0v) is 13.7. The van der Waals surface area contributed by atoms with E-state index in [1.165, 1.54) is 0 Å². The molecule has 118 valence electrons. The third-order valence-corrected chi connectivity index (χ3v) is 4.44. The largest absolute Gasteiger partial charge is 0.394 e. The van der Waals surface area contributed by atoms with Gasteiger partial charge in [0.05, 0.1) is 17.9 Å². The first kappa shape index (κ1) is 16.6. The van der Waals surface area contributed by atoms with Crippen molar-refractivity contribution in [3.05, 3.63) is 46.8 Å². The number of carbonyl (C=O) groups is 1. The summed E-state index contributed by atoms with van der Waals surface area (Å²) in [5, 5.41) is 15.8. The van der Waals surface area contributed by atoms with Crippen LogP contribution in [-0.4, -0.2) is 28.8 Å². The maximum Gasteiger partial charge on any atom is 0.252 e. The minimum atomic E-state index is -0.270. The number of aliphatic hydroxyl groups excluding tert-OH is 1. The highest BCUT2D eigenvalue weighted by Crippen LogP contribution is 2.28. The van der Waals surface area contributed by atoms with Crippen molar-refractivity contribution >= 4 is 17.7 Å². The van der Waals surface area contributed by atoms with Crippen molar-refractivity contribution in [1.29, 1.82) is 0 Å². The molecule has 0 spiro atoms. The summed E-state index contributed by atoms with van der Waals surface area (Å²) in [4.78, 5) is 13.2. The predicted molar refractivity (Wildman–Crippen MR) is 86.0 cm³/mol. The quantitative estimate of drug-likeness (QED) is 0.800. The van der Waals surface area contributed by atoms with E-state index in [4.69, 9.17) is 9.63 Å². The summed E-state index contributed by atoms with van der Waals surface area (Å²) >= 11 is 1.57. The van der Waals surface area contributed by atoms with Crippen molar-refractivity contribution in [2.45, 2.75) is 37.5 Å². The number of aryl methyl sites for hydroxylation is 2. The minimum absolute atomic E-state index is 0.0832. The van der Waals surface area contributed by atoms with Crippen molar-refractivity contribution in [3.63, 3.8) is 0 Å². The fraction of sp³-hybridized carbons (Fsp3) is 0.375. The minimum Gasteiger partial charge on any atom is -0.394 e. The van der Waals surface area contributed by atoms with Crippen LogP contribution in [0.5, 0.6) is 0 Å². The maximum atomic E-state index is 12.3. The number of hydrogen-bond donors (Lipinski definition) is 2. The van der Waals surface area contributed by atoms with Gasteiger partial charge in [0.15, 0.2) is 0 Å². The van der Waals surface area contributed by atoms with Gasteiger partial charge in [-0.05, 0) is 32.9 Å². The van der Waals surface area contributed by atoms with E-state index in [9.17, 15) is 4.79 Å². The summed E-state index contributed by atoms with van der Waals surface area (Å²) in [6.07, 6.45) is 0. The molecule has 0 radical (unpaired) electrons. The number of nitrogens with one attached hydrogen (secondary N) is 1. The second-order valence-electron chi connectivity index (χ2n) is 5.14. The molecule has 1 atom stereocenters. The molecule has 2 aromatic rings. The van der Waals surface area contributed by atoms with Gasteiger partial charge >= 0.3 is 0 Å². The number of nitrogens with zero attached hydrogens (tertiary/aromatic N) is 1. The van der Waals surface area contributed by atoms with Crippen molar-refractivity contribution in [3.8, 4) is 0 Å². The first-order chi connectivity index (χ1) is 10.5. The molecule has 1 heterocycles. The molecule has 0 fully saturated rings. The summed E-state index contributed by atoms with van der Waals surface area (Å²) in [5.74, 6) is 1.32. The summed E-state index contributed by atoms with van der Waals surface area (Å²) in [5.41, 5.74) is 2.55. The summed E-state index contributed by atoms with van der Waals surface area (Å²) in [6, 6.07) is 7.17. The number of aromatic nitrogens is 1. The molecule has 0 saturated heterocycles. The Morgan fingerprint density at radius 2 is 2.14 bits per heavy atom. The standard InChI is InChI=1S/C16H20N2O3S/c1-10(8-19)17-16(20)13-6-4-5-7-15(13)22-9-14-11(2)18-21-12(14)3/h4-7,10,19H,8-9H2,1-3H3,(H,17,20). The first-order valence-corrected chi connectivity index (χ1v) is 8.06. The molecule has 0 saturated carbocycles. The van der Waals surface area contributed by atoms with Gasteiger partial charge in [-0.15, -0.1) is 11.8 Å². The van der Waals surface area contributed by atoms with Gasteiger partial charge in [-0.1, -0.05) is 17.3 Å². The normalized spacial score (nSPS) is 12.2. The molecule has 6 heteroatoms. The number of amides is 1. The van der Waals surface area contributed by atoms with Gasteiger partial charge in [-0.3, -0.25) is 4.79 Å². The Morgan fingerprint density at radius 3 is 2.77 bits per heavy atom. The molecule has 2 N–H and O–H groups in total. The molecular formula is C16H20N2O3S. The lowest BCUT2D eigenvalue weighted by atomic mass is 10.2. The van der Waals surface area contributed by atoms with Crippen LogP contribution in [-0.2, 0) is 5.75 Å². The van der Waals surface area contributed by atoms with E-state index >= 15 is 0 Å². The van der Waals surface area contributed by atoms with Gasteiger partial charge in [0, 0.05) is 22.3 Å². The average molecular weight is 320 g/mol. The fourth-order valence-corrected chi connectivity index (χ4v) is 3.19. The van der Waals surface area contributed by atoms with E-state index in [2.05, 4.69) is 10.5 Å². The Bertz CT molecular complexity index is 635. The Kier molecular flexibility index (Phi) is 5.63. The molecule has 0 bridgehead atoms. The summed E-state index contributed by atoms with van der Waals surface area (Å²) < 4.78 is 5.16. The third-order valence-electron chi connectivity index (χ3n) is 3.34. The van der Waals surface area contributed by atoms with Gasteiger partial charge in [0.1, 0.15) is 5.76 Å². The van der Waals surface area contributed by atoms with Gasteiger partial charge in [-0.25, -0.2) is 0 Å². The number of aliphatic hydroxyl groups is 1. The summed E-state index contributed by atoms with van der Waals surface area (Å²) in [7, 11) is 0.